The van der Waals surface area contributed by atoms with Gasteiger partial charge in [0.2, 0.25) is 0 Å². The fourth-order valence-electron chi connectivity index (χ4n) is 1.55. The lowest BCUT2D eigenvalue weighted by molar-refractivity contribution is 0.168. The molecule has 0 aliphatic heterocycles. The van der Waals surface area contributed by atoms with E-state index in [0.29, 0.717) is 24.3 Å². The lowest BCUT2D eigenvalue weighted by Gasteiger charge is -2.15. The maximum atomic E-state index is 13.2. The molecule has 1 aromatic rings. The number of ether oxygens (including phenoxy) is 1. The number of hydrogen-bond donors (Lipinski definition) is 2. The Morgan fingerprint density at radius 2 is 2.20 bits per heavy atom. The average molecular weight is 213 g/mol. The van der Waals surface area contributed by atoms with Gasteiger partial charge in [-0.05, 0) is 37.1 Å². The molecule has 4 heteroatoms. The molecule has 1 rings (SSSR count). The molecule has 0 aliphatic carbocycles. The highest BCUT2D eigenvalue weighted by molar-refractivity contribution is 5.40. The summed E-state index contributed by atoms with van der Waals surface area (Å²) in [5, 5.41) is 9.74. The third-order valence-electron chi connectivity index (χ3n) is 2.38. The molecule has 0 spiro atoms. The van der Waals surface area contributed by atoms with Crippen LogP contribution < -0.4 is 10.5 Å². The Morgan fingerprint density at radius 1 is 1.53 bits per heavy atom. The van der Waals surface area contributed by atoms with Gasteiger partial charge in [-0.25, -0.2) is 4.39 Å². The van der Waals surface area contributed by atoms with Gasteiger partial charge < -0.3 is 15.6 Å². The van der Waals surface area contributed by atoms with Crippen molar-refractivity contribution in [2.75, 3.05) is 13.7 Å². The number of nitrogens with two attached hydrogens (primary N) is 1. The predicted molar refractivity (Wildman–Crippen MR) is 56.3 cm³/mol. The summed E-state index contributed by atoms with van der Waals surface area (Å²) in [4.78, 5) is 0. The van der Waals surface area contributed by atoms with E-state index in [1.807, 2.05) is 0 Å². The maximum Gasteiger partial charge on any atom is 0.127 e. The van der Waals surface area contributed by atoms with E-state index in [2.05, 4.69) is 0 Å². The molecule has 3 N–H and O–H groups in total. The van der Waals surface area contributed by atoms with E-state index < -0.39 is 11.9 Å². The fourth-order valence-corrected chi connectivity index (χ4v) is 1.55. The third-order valence-corrected chi connectivity index (χ3v) is 2.38. The van der Waals surface area contributed by atoms with Crippen LogP contribution in [0.1, 0.15) is 23.7 Å². The molecule has 84 valence electrons. The monoisotopic (exact) mass is 213 g/mol. The SMILES string of the molecule is COc1cc(F)cc(C(O)CCN)c1C. The third kappa shape index (κ3) is 2.67. The van der Waals surface area contributed by atoms with E-state index in [0.717, 1.165) is 5.56 Å². The van der Waals surface area contributed by atoms with Crippen molar-refractivity contribution < 1.29 is 14.2 Å². The second-order valence-electron chi connectivity index (χ2n) is 3.42. The fraction of sp³-hybridized carbons (Fsp3) is 0.455. The first-order valence-electron chi connectivity index (χ1n) is 4.82. The van der Waals surface area contributed by atoms with Gasteiger partial charge in [-0.2, -0.15) is 0 Å². The van der Waals surface area contributed by atoms with Crippen molar-refractivity contribution in [3.05, 3.63) is 29.1 Å². The first-order chi connectivity index (χ1) is 7.10. The van der Waals surface area contributed by atoms with Crippen molar-refractivity contribution in [3.63, 3.8) is 0 Å². The Bertz CT molecular complexity index is 342. The van der Waals surface area contributed by atoms with Gasteiger partial charge >= 0.3 is 0 Å². The average Bonchev–Trinajstić information content (AvgIpc) is 2.21. The van der Waals surface area contributed by atoms with Crippen LogP contribution >= 0.6 is 0 Å². The summed E-state index contributed by atoms with van der Waals surface area (Å²) in [6.45, 7) is 2.15. The molecule has 1 unspecified atom stereocenters. The van der Waals surface area contributed by atoms with Crippen LogP contribution in [0.4, 0.5) is 4.39 Å². The zero-order valence-corrected chi connectivity index (χ0v) is 8.96. The molecule has 1 aromatic carbocycles. The minimum Gasteiger partial charge on any atom is -0.496 e. The van der Waals surface area contributed by atoms with Gasteiger partial charge in [0.1, 0.15) is 11.6 Å². The maximum absolute atomic E-state index is 13.2. The summed E-state index contributed by atoms with van der Waals surface area (Å²) in [5.74, 6) is 0.0320. The van der Waals surface area contributed by atoms with Crippen LogP contribution in [0.25, 0.3) is 0 Å². The first-order valence-corrected chi connectivity index (χ1v) is 4.82. The minimum atomic E-state index is -0.736. The molecule has 0 fully saturated rings. The van der Waals surface area contributed by atoms with Gasteiger partial charge in [-0.3, -0.25) is 0 Å². The van der Waals surface area contributed by atoms with Crippen LogP contribution in [0.5, 0.6) is 5.75 Å². The largest absolute Gasteiger partial charge is 0.496 e. The number of hydrogen-bond acceptors (Lipinski definition) is 3. The quantitative estimate of drug-likeness (QED) is 0.797. The van der Waals surface area contributed by atoms with Gasteiger partial charge in [0.05, 0.1) is 13.2 Å². The van der Waals surface area contributed by atoms with Crippen LogP contribution in [0, 0.1) is 12.7 Å². The number of benzene rings is 1. The molecule has 15 heavy (non-hydrogen) atoms. The van der Waals surface area contributed by atoms with E-state index in [4.69, 9.17) is 10.5 Å². The standard InChI is InChI=1S/C11H16FNO2/c1-7-9(10(14)3-4-13)5-8(12)6-11(7)15-2/h5-6,10,14H,3-4,13H2,1-2H3. The number of halogens is 1. The highest BCUT2D eigenvalue weighted by Crippen LogP contribution is 2.28. The van der Waals surface area contributed by atoms with Gasteiger partial charge in [0.25, 0.3) is 0 Å². The molecule has 0 bridgehead atoms. The highest BCUT2D eigenvalue weighted by atomic mass is 19.1. The molecule has 0 aromatic heterocycles. The summed E-state index contributed by atoms with van der Waals surface area (Å²) >= 11 is 0. The van der Waals surface area contributed by atoms with E-state index in [9.17, 15) is 9.50 Å². The summed E-state index contributed by atoms with van der Waals surface area (Å²) in [7, 11) is 1.47. The van der Waals surface area contributed by atoms with E-state index in [1.54, 1.807) is 6.92 Å². The molecule has 3 nitrogen and oxygen atoms in total. The highest BCUT2D eigenvalue weighted by Gasteiger charge is 2.14. The van der Waals surface area contributed by atoms with Gasteiger partial charge in [0.15, 0.2) is 0 Å². The van der Waals surface area contributed by atoms with Crippen molar-refractivity contribution in [1.29, 1.82) is 0 Å². The molecule has 0 saturated heterocycles. The molecule has 0 aliphatic rings. The van der Waals surface area contributed by atoms with Gasteiger partial charge in [-0.15, -0.1) is 0 Å². The summed E-state index contributed by atoms with van der Waals surface area (Å²) in [5.41, 5.74) is 6.63. The number of aliphatic hydroxyl groups excluding tert-OH is 1. The zero-order valence-electron chi connectivity index (χ0n) is 8.96. The molecule has 0 heterocycles. The van der Waals surface area contributed by atoms with Crippen LogP contribution in [0.15, 0.2) is 12.1 Å². The number of methoxy groups -OCH3 is 1. The van der Waals surface area contributed by atoms with E-state index in [-0.39, 0.29) is 0 Å². The van der Waals surface area contributed by atoms with Crippen LogP contribution in [-0.2, 0) is 0 Å². The van der Waals surface area contributed by atoms with Crippen LogP contribution in [-0.4, -0.2) is 18.8 Å². The van der Waals surface area contributed by atoms with Crippen molar-refractivity contribution in [2.24, 2.45) is 5.73 Å². The van der Waals surface area contributed by atoms with Gasteiger partial charge in [0, 0.05) is 6.07 Å². The first kappa shape index (κ1) is 11.9. The minimum absolute atomic E-state index is 0.361. The Hall–Kier alpha value is -1.13. The van der Waals surface area contributed by atoms with Crippen molar-refractivity contribution in [3.8, 4) is 5.75 Å². The van der Waals surface area contributed by atoms with Gasteiger partial charge in [-0.1, -0.05) is 0 Å². The second-order valence-corrected chi connectivity index (χ2v) is 3.42. The molecular formula is C11H16FNO2. The molecule has 0 radical (unpaired) electrons. The Kier molecular flexibility index (Phi) is 4.05. The number of rotatable bonds is 4. The molecule has 0 amide bonds. The summed E-state index contributed by atoms with van der Waals surface area (Å²) < 4.78 is 18.2. The lowest BCUT2D eigenvalue weighted by Crippen LogP contribution is -2.09. The summed E-state index contributed by atoms with van der Waals surface area (Å²) in [6.07, 6.45) is -0.326. The van der Waals surface area contributed by atoms with E-state index >= 15 is 0 Å². The molecule has 1 atom stereocenters. The zero-order chi connectivity index (χ0) is 11.4. The number of aliphatic hydroxyl groups is 1. The van der Waals surface area contributed by atoms with Crippen molar-refractivity contribution >= 4 is 0 Å². The Balaban J connectivity index is 3.11. The van der Waals surface area contributed by atoms with Crippen molar-refractivity contribution in [2.45, 2.75) is 19.4 Å². The summed E-state index contributed by atoms with van der Waals surface area (Å²) in [6, 6.07) is 2.62. The van der Waals surface area contributed by atoms with E-state index in [1.165, 1.54) is 19.2 Å². The Morgan fingerprint density at radius 3 is 2.73 bits per heavy atom. The van der Waals surface area contributed by atoms with Crippen LogP contribution in [0.3, 0.4) is 0 Å². The topological polar surface area (TPSA) is 55.5 Å². The normalized spacial score (nSPS) is 12.6. The molecular weight excluding hydrogens is 197 g/mol. The second kappa shape index (κ2) is 5.09. The van der Waals surface area contributed by atoms with Crippen LogP contribution in [0.2, 0.25) is 0 Å². The Labute approximate surface area is 88.7 Å². The predicted octanol–water partition coefficient (Wildman–Crippen LogP) is 1.52. The van der Waals surface area contributed by atoms with Crippen molar-refractivity contribution in [1.82, 2.24) is 0 Å². The smallest absolute Gasteiger partial charge is 0.127 e. The lowest BCUT2D eigenvalue weighted by atomic mass is 10.00. The molecule has 0 saturated carbocycles.